The van der Waals surface area contributed by atoms with Crippen molar-refractivity contribution in [3.8, 4) is 6.01 Å². The normalized spacial score (nSPS) is 13.6. The molecule has 17 heavy (non-hydrogen) atoms. The summed E-state index contributed by atoms with van der Waals surface area (Å²) in [5.41, 5.74) is 6.85. The standard InChI is InChI=1S/C10H15N5O2/c1-2-3-4-17-10-13-6-5-12-9(16)14-7(6)8(11)15-10/h2-5H2,1H3,(H2,11,13,15)(H2,12,14,16). The van der Waals surface area contributed by atoms with E-state index in [1.807, 2.05) is 0 Å². The Morgan fingerprint density at radius 1 is 1.47 bits per heavy atom. The van der Waals surface area contributed by atoms with E-state index >= 15 is 0 Å². The molecule has 0 saturated carbocycles. The van der Waals surface area contributed by atoms with Gasteiger partial charge in [0, 0.05) is 0 Å². The average molecular weight is 237 g/mol. The van der Waals surface area contributed by atoms with Gasteiger partial charge in [-0.25, -0.2) is 4.79 Å². The summed E-state index contributed by atoms with van der Waals surface area (Å²) in [6, 6.07) is -0.0416. The molecule has 2 heterocycles. The Morgan fingerprint density at radius 3 is 3.06 bits per heavy atom. The first-order chi connectivity index (χ1) is 8.20. The Bertz CT molecular complexity index is 435. The second-order valence-corrected chi connectivity index (χ2v) is 3.72. The van der Waals surface area contributed by atoms with E-state index in [4.69, 9.17) is 10.5 Å². The van der Waals surface area contributed by atoms with Gasteiger partial charge in [-0.05, 0) is 6.42 Å². The van der Waals surface area contributed by atoms with Gasteiger partial charge < -0.3 is 21.1 Å². The lowest BCUT2D eigenvalue weighted by Gasteiger charge is -2.18. The number of unbranched alkanes of at least 4 members (excludes halogenated alkanes) is 1. The van der Waals surface area contributed by atoms with Gasteiger partial charge in [0.2, 0.25) is 0 Å². The summed E-state index contributed by atoms with van der Waals surface area (Å²) in [5, 5.41) is 5.18. The number of ether oxygens (including phenoxy) is 1. The smallest absolute Gasteiger partial charge is 0.319 e. The lowest BCUT2D eigenvalue weighted by molar-refractivity contribution is 0.250. The molecular weight excluding hydrogens is 222 g/mol. The van der Waals surface area contributed by atoms with Crippen LogP contribution in [0.25, 0.3) is 0 Å². The van der Waals surface area contributed by atoms with Crippen LogP contribution in [0.1, 0.15) is 25.5 Å². The average Bonchev–Trinajstić information content (AvgIpc) is 2.31. The number of nitrogens with one attached hydrogen (secondary N) is 2. The zero-order valence-electron chi connectivity index (χ0n) is 9.62. The summed E-state index contributed by atoms with van der Waals surface area (Å²) in [7, 11) is 0. The molecular formula is C10H15N5O2. The third-order valence-electron chi connectivity index (χ3n) is 2.38. The molecule has 1 aliphatic rings. The molecule has 0 atom stereocenters. The van der Waals surface area contributed by atoms with Gasteiger partial charge in [-0.2, -0.15) is 9.97 Å². The van der Waals surface area contributed by atoms with Crippen LogP contribution in [0.3, 0.4) is 0 Å². The van der Waals surface area contributed by atoms with Crippen molar-refractivity contribution in [3.05, 3.63) is 5.69 Å². The topological polar surface area (TPSA) is 102 Å². The number of carbonyl (C=O) groups is 1. The van der Waals surface area contributed by atoms with Crippen molar-refractivity contribution in [3.63, 3.8) is 0 Å². The number of nitrogens with zero attached hydrogens (tertiary/aromatic N) is 2. The molecule has 0 unspecified atom stereocenters. The SMILES string of the molecule is CCCCOc1nc(N)c2c(n1)CNC(=O)N2. The quantitative estimate of drug-likeness (QED) is 0.674. The number of hydrogen-bond donors (Lipinski definition) is 3. The Balaban J connectivity index is 2.16. The van der Waals surface area contributed by atoms with Gasteiger partial charge in [-0.1, -0.05) is 13.3 Å². The number of nitrogens with two attached hydrogens (primary N) is 1. The van der Waals surface area contributed by atoms with Crippen molar-refractivity contribution in [2.45, 2.75) is 26.3 Å². The van der Waals surface area contributed by atoms with E-state index in [2.05, 4.69) is 27.5 Å². The van der Waals surface area contributed by atoms with Gasteiger partial charge in [-0.3, -0.25) is 0 Å². The molecule has 1 aliphatic heterocycles. The Labute approximate surface area is 98.8 Å². The van der Waals surface area contributed by atoms with Crippen molar-refractivity contribution < 1.29 is 9.53 Å². The van der Waals surface area contributed by atoms with Gasteiger partial charge >= 0.3 is 12.0 Å². The molecule has 0 bridgehead atoms. The van der Waals surface area contributed by atoms with Crippen LogP contribution in [-0.4, -0.2) is 22.6 Å². The van der Waals surface area contributed by atoms with Crippen LogP contribution in [-0.2, 0) is 6.54 Å². The number of rotatable bonds is 4. The fourth-order valence-corrected chi connectivity index (χ4v) is 1.46. The molecule has 0 aliphatic carbocycles. The van der Waals surface area contributed by atoms with E-state index in [0.29, 0.717) is 24.5 Å². The molecule has 0 saturated heterocycles. The number of carbonyl (C=O) groups excluding carboxylic acids is 1. The lowest BCUT2D eigenvalue weighted by Crippen LogP contribution is -2.34. The molecule has 1 aromatic heterocycles. The molecule has 1 aromatic rings. The first kappa shape index (κ1) is 11.4. The van der Waals surface area contributed by atoms with Gasteiger partial charge in [0.25, 0.3) is 0 Å². The maximum atomic E-state index is 11.1. The van der Waals surface area contributed by atoms with Crippen molar-refractivity contribution in [1.29, 1.82) is 0 Å². The lowest BCUT2D eigenvalue weighted by atomic mass is 10.3. The number of hydrogen-bond acceptors (Lipinski definition) is 5. The van der Waals surface area contributed by atoms with E-state index < -0.39 is 0 Å². The largest absolute Gasteiger partial charge is 0.463 e. The summed E-state index contributed by atoms with van der Waals surface area (Å²) in [6.07, 6.45) is 1.98. The van der Waals surface area contributed by atoms with E-state index in [-0.39, 0.29) is 17.9 Å². The number of aromatic nitrogens is 2. The van der Waals surface area contributed by atoms with Crippen LogP contribution in [0, 0.1) is 0 Å². The van der Waals surface area contributed by atoms with Crippen LogP contribution in [0.4, 0.5) is 16.3 Å². The minimum Gasteiger partial charge on any atom is -0.463 e. The summed E-state index contributed by atoms with van der Waals surface area (Å²) in [4.78, 5) is 19.3. The molecule has 2 amide bonds. The number of nitrogen functional groups attached to an aromatic ring is 1. The third-order valence-corrected chi connectivity index (χ3v) is 2.38. The Hall–Kier alpha value is -2.05. The molecule has 0 spiro atoms. The zero-order valence-corrected chi connectivity index (χ0v) is 9.62. The Kier molecular flexibility index (Phi) is 3.27. The molecule has 92 valence electrons. The second-order valence-electron chi connectivity index (χ2n) is 3.72. The predicted octanol–water partition coefficient (Wildman–Crippen LogP) is 0.873. The molecule has 7 nitrogen and oxygen atoms in total. The van der Waals surface area contributed by atoms with Crippen molar-refractivity contribution >= 4 is 17.5 Å². The monoisotopic (exact) mass is 237 g/mol. The van der Waals surface area contributed by atoms with E-state index in [9.17, 15) is 4.79 Å². The first-order valence-corrected chi connectivity index (χ1v) is 5.54. The van der Waals surface area contributed by atoms with Crippen LogP contribution in [0.2, 0.25) is 0 Å². The summed E-state index contributed by atoms with van der Waals surface area (Å²) >= 11 is 0. The highest BCUT2D eigenvalue weighted by Crippen LogP contribution is 2.25. The molecule has 0 fully saturated rings. The van der Waals surface area contributed by atoms with Gasteiger partial charge in [0.1, 0.15) is 5.69 Å². The maximum absolute atomic E-state index is 11.1. The van der Waals surface area contributed by atoms with Crippen LogP contribution in [0.5, 0.6) is 6.01 Å². The minimum absolute atomic E-state index is 0.233. The fraction of sp³-hybridized carbons (Fsp3) is 0.500. The van der Waals surface area contributed by atoms with Gasteiger partial charge in [0.15, 0.2) is 5.82 Å². The van der Waals surface area contributed by atoms with E-state index in [0.717, 1.165) is 12.8 Å². The second kappa shape index (κ2) is 4.86. The van der Waals surface area contributed by atoms with E-state index in [1.54, 1.807) is 0 Å². The minimum atomic E-state index is -0.299. The highest BCUT2D eigenvalue weighted by molar-refractivity contribution is 5.94. The number of fused-ring (bicyclic) bond motifs is 1. The molecule has 0 radical (unpaired) electrons. The third kappa shape index (κ3) is 2.55. The van der Waals surface area contributed by atoms with Crippen molar-refractivity contribution in [2.75, 3.05) is 17.7 Å². The maximum Gasteiger partial charge on any atom is 0.319 e. The predicted molar refractivity (Wildman–Crippen MR) is 62.7 cm³/mol. The van der Waals surface area contributed by atoms with Gasteiger partial charge in [-0.15, -0.1) is 0 Å². The highest BCUT2D eigenvalue weighted by atomic mass is 16.5. The van der Waals surface area contributed by atoms with Crippen LogP contribution >= 0.6 is 0 Å². The first-order valence-electron chi connectivity index (χ1n) is 5.54. The van der Waals surface area contributed by atoms with Crippen LogP contribution < -0.4 is 21.1 Å². The fourth-order valence-electron chi connectivity index (χ4n) is 1.46. The number of urea groups is 1. The highest BCUT2D eigenvalue weighted by Gasteiger charge is 2.20. The summed E-state index contributed by atoms with van der Waals surface area (Å²) in [5.74, 6) is 0.233. The zero-order chi connectivity index (χ0) is 12.3. The van der Waals surface area contributed by atoms with Crippen molar-refractivity contribution in [2.24, 2.45) is 0 Å². The Morgan fingerprint density at radius 2 is 2.29 bits per heavy atom. The van der Waals surface area contributed by atoms with Crippen LogP contribution in [0.15, 0.2) is 0 Å². The summed E-state index contributed by atoms with van der Waals surface area (Å²) in [6.45, 7) is 2.97. The number of amides is 2. The summed E-state index contributed by atoms with van der Waals surface area (Å²) < 4.78 is 5.38. The van der Waals surface area contributed by atoms with Crippen molar-refractivity contribution in [1.82, 2.24) is 15.3 Å². The molecule has 4 N–H and O–H groups in total. The number of anilines is 2. The van der Waals surface area contributed by atoms with E-state index in [1.165, 1.54) is 0 Å². The molecule has 7 heteroatoms. The molecule has 2 rings (SSSR count). The van der Waals surface area contributed by atoms with Gasteiger partial charge in [0.05, 0.1) is 18.8 Å². The molecule has 0 aromatic carbocycles.